The molecule has 0 spiro atoms. The van der Waals surface area contributed by atoms with Gasteiger partial charge in [-0.1, -0.05) is 44.2 Å². The molecule has 0 aromatic heterocycles. The van der Waals surface area contributed by atoms with E-state index in [2.05, 4.69) is 26.0 Å². The molecule has 0 aliphatic carbocycles. The first kappa shape index (κ1) is 12.2. The van der Waals surface area contributed by atoms with Crippen molar-refractivity contribution in [1.29, 1.82) is 0 Å². The molecular formula is C15H20O2. The van der Waals surface area contributed by atoms with Gasteiger partial charge in [-0.05, 0) is 18.1 Å². The van der Waals surface area contributed by atoms with Crippen molar-refractivity contribution in [2.75, 3.05) is 0 Å². The lowest BCUT2D eigenvalue weighted by Gasteiger charge is -2.31. The van der Waals surface area contributed by atoms with Gasteiger partial charge in [0.05, 0.1) is 19.0 Å². The molecule has 0 radical (unpaired) electrons. The highest BCUT2D eigenvalue weighted by Gasteiger charge is 2.27. The van der Waals surface area contributed by atoms with Crippen molar-refractivity contribution < 1.29 is 9.47 Å². The van der Waals surface area contributed by atoms with Crippen LogP contribution < -0.4 is 0 Å². The normalized spacial score (nSPS) is 27.8. The Hall–Kier alpha value is -1.28. The van der Waals surface area contributed by atoms with Crippen molar-refractivity contribution in [2.24, 2.45) is 5.92 Å². The molecule has 1 aromatic carbocycles. The molecule has 1 aromatic rings. The molecule has 1 aliphatic rings. The maximum atomic E-state index is 5.95. The fraction of sp³-hybridized carbons (Fsp3) is 0.467. The molecule has 0 N–H and O–H groups in total. The smallest absolute Gasteiger partial charge is 0.103 e. The SMILES string of the molecule is CCC1OC=CC(OCc2ccccc2)[C@H]1C. The van der Waals surface area contributed by atoms with E-state index in [0.717, 1.165) is 6.42 Å². The zero-order chi connectivity index (χ0) is 12.1. The summed E-state index contributed by atoms with van der Waals surface area (Å²) in [4.78, 5) is 0. The van der Waals surface area contributed by atoms with Crippen LogP contribution in [-0.4, -0.2) is 12.2 Å². The molecule has 1 aliphatic heterocycles. The van der Waals surface area contributed by atoms with Gasteiger partial charge >= 0.3 is 0 Å². The predicted molar refractivity (Wildman–Crippen MR) is 68.5 cm³/mol. The first-order valence-corrected chi connectivity index (χ1v) is 6.29. The summed E-state index contributed by atoms with van der Waals surface area (Å²) in [6, 6.07) is 10.3. The van der Waals surface area contributed by atoms with Gasteiger partial charge in [-0.25, -0.2) is 0 Å². The quantitative estimate of drug-likeness (QED) is 0.790. The number of hydrogen-bond donors (Lipinski definition) is 0. The van der Waals surface area contributed by atoms with Crippen LogP contribution in [0.25, 0.3) is 0 Å². The summed E-state index contributed by atoms with van der Waals surface area (Å²) in [5, 5.41) is 0. The van der Waals surface area contributed by atoms with Crippen LogP contribution in [0, 0.1) is 5.92 Å². The Bertz CT molecular complexity index is 358. The highest BCUT2D eigenvalue weighted by atomic mass is 16.5. The van der Waals surface area contributed by atoms with Gasteiger partial charge in [0.15, 0.2) is 0 Å². The van der Waals surface area contributed by atoms with Crippen molar-refractivity contribution in [3.05, 3.63) is 48.2 Å². The van der Waals surface area contributed by atoms with Crippen molar-refractivity contribution in [2.45, 2.75) is 39.1 Å². The summed E-state index contributed by atoms with van der Waals surface area (Å²) < 4.78 is 11.5. The van der Waals surface area contributed by atoms with E-state index in [0.29, 0.717) is 12.5 Å². The lowest BCUT2D eigenvalue weighted by molar-refractivity contribution is -0.0364. The number of rotatable bonds is 4. The molecule has 0 saturated carbocycles. The highest BCUT2D eigenvalue weighted by molar-refractivity contribution is 5.13. The third kappa shape index (κ3) is 3.10. The first-order valence-electron chi connectivity index (χ1n) is 6.29. The Morgan fingerprint density at radius 3 is 2.71 bits per heavy atom. The van der Waals surface area contributed by atoms with Crippen LogP contribution in [0.5, 0.6) is 0 Å². The van der Waals surface area contributed by atoms with Gasteiger partial charge in [-0.2, -0.15) is 0 Å². The largest absolute Gasteiger partial charge is 0.498 e. The Morgan fingerprint density at radius 2 is 2.00 bits per heavy atom. The molecule has 0 saturated heterocycles. The average Bonchev–Trinajstić information content (AvgIpc) is 2.39. The predicted octanol–water partition coefficient (Wildman–Crippen LogP) is 3.53. The molecule has 2 heteroatoms. The maximum Gasteiger partial charge on any atom is 0.103 e. The topological polar surface area (TPSA) is 18.5 Å². The van der Waals surface area contributed by atoms with E-state index in [1.807, 2.05) is 24.3 Å². The molecule has 2 nitrogen and oxygen atoms in total. The van der Waals surface area contributed by atoms with Gasteiger partial charge < -0.3 is 9.47 Å². The molecule has 0 amide bonds. The van der Waals surface area contributed by atoms with Crippen LogP contribution in [0.3, 0.4) is 0 Å². The summed E-state index contributed by atoms with van der Waals surface area (Å²) in [5.74, 6) is 0.411. The molecule has 1 heterocycles. The van der Waals surface area contributed by atoms with Crippen LogP contribution in [0.2, 0.25) is 0 Å². The second-order valence-corrected chi connectivity index (χ2v) is 4.53. The van der Waals surface area contributed by atoms with Gasteiger partial charge in [0.2, 0.25) is 0 Å². The van der Waals surface area contributed by atoms with Gasteiger partial charge in [0.1, 0.15) is 6.10 Å². The molecular weight excluding hydrogens is 212 g/mol. The molecule has 17 heavy (non-hydrogen) atoms. The summed E-state index contributed by atoms with van der Waals surface area (Å²) >= 11 is 0. The second kappa shape index (κ2) is 5.87. The lowest BCUT2D eigenvalue weighted by atomic mass is 9.94. The zero-order valence-electron chi connectivity index (χ0n) is 10.5. The highest BCUT2D eigenvalue weighted by Crippen LogP contribution is 2.24. The van der Waals surface area contributed by atoms with E-state index >= 15 is 0 Å². The van der Waals surface area contributed by atoms with Gasteiger partial charge in [0.25, 0.3) is 0 Å². The van der Waals surface area contributed by atoms with Crippen LogP contribution in [0.4, 0.5) is 0 Å². The van der Waals surface area contributed by atoms with Gasteiger partial charge in [0, 0.05) is 5.92 Å². The maximum absolute atomic E-state index is 5.95. The Morgan fingerprint density at radius 1 is 1.24 bits per heavy atom. The molecule has 0 fully saturated rings. The molecule has 92 valence electrons. The summed E-state index contributed by atoms with van der Waals surface area (Å²) in [6.45, 7) is 5.00. The Balaban J connectivity index is 1.91. The Kier molecular flexibility index (Phi) is 4.21. The molecule has 2 rings (SSSR count). The van der Waals surface area contributed by atoms with Crippen molar-refractivity contribution in [3.8, 4) is 0 Å². The summed E-state index contributed by atoms with van der Waals surface area (Å²) in [7, 11) is 0. The standard InChI is InChI=1S/C15H20O2/c1-3-14-12(2)15(9-10-16-14)17-11-13-7-5-4-6-8-13/h4-10,12,14-15H,3,11H2,1-2H3/t12-,14?,15?/m0/s1. The third-order valence-electron chi connectivity index (χ3n) is 3.31. The molecule has 2 unspecified atom stereocenters. The summed E-state index contributed by atoms with van der Waals surface area (Å²) in [5.41, 5.74) is 1.22. The van der Waals surface area contributed by atoms with Crippen LogP contribution in [0.15, 0.2) is 42.7 Å². The van der Waals surface area contributed by atoms with Crippen molar-refractivity contribution in [1.82, 2.24) is 0 Å². The zero-order valence-corrected chi connectivity index (χ0v) is 10.5. The van der Waals surface area contributed by atoms with E-state index in [4.69, 9.17) is 9.47 Å². The van der Waals surface area contributed by atoms with E-state index in [1.54, 1.807) is 6.26 Å². The first-order chi connectivity index (χ1) is 8.31. The van der Waals surface area contributed by atoms with E-state index < -0.39 is 0 Å². The van der Waals surface area contributed by atoms with Crippen LogP contribution in [-0.2, 0) is 16.1 Å². The number of hydrogen-bond acceptors (Lipinski definition) is 2. The van der Waals surface area contributed by atoms with Gasteiger partial charge in [-0.15, -0.1) is 0 Å². The van der Waals surface area contributed by atoms with Gasteiger partial charge in [-0.3, -0.25) is 0 Å². The minimum absolute atomic E-state index is 0.161. The average molecular weight is 232 g/mol. The van der Waals surface area contributed by atoms with Crippen LogP contribution in [0.1, 0.15) is 25.8 Å². The summed E-state index contributed by atoms with van der Waals surface area (Å²) in [6.07, 6.45) is 5.26. The van der Waals surface area contributed by atoms with Crippen LogP contribution >= 0.6 is 0 Å². The lowest BCUT2D eigenvalue weighted by Crippen LogP contribution is -2.34. The molecule has 0 bridgehead atoms. The van der Waals surface area contributed by atoms with Crippen molar-refractivity contribution in [3.63, 3.8) is 0 Å². The van der Waals surface area contributed by atoms with E-state index in [9.17, 15) is 0 Å². The minimum atomic E-state index is 0.161. The molecule has 3 atom stereocenters. The minimum Gasteiger partial charge on any atom is -0.498 e. The van der Waals surface area contributed by atoms with Crippen molar-refractivity contribution >= 4 is 0 Å². The van der Waals surface area contributed by atoms with E-state index in [1.165, 1.54) is 5.56 Å². The number of ether oxygens (including phenoxy) is 2. The van der Waals surface area contributed by atoms with E-state index in [-0.39, 0.29) is 12.2 Å². The fourth-order valence-corrected chi connectivity index (χ4v) is 2.18. The number of benzene rings is 1. The third-order valence-corrected chi connectivity index (χ3v) is 3.31. The monoisotopic (exact) mass is 232 g/mol. The second-order valence-electron chi connectivity index (χ2n) is 4.53. The fourth-order valence-electron chi connectivity index (χ4n) is 2.18. The Labute approximate surface area is 103 Å².